The molecule has 1 aromatic heterocycles. The summed E-state index contributed by atoms with van der Waals surface area (Å²) in [6.07, 6.45) is 2.05. The molecule has 1 heterocycles. The standard InChI is InChI=1S/C25H21N3O3S/c1-15-5-2-3-8-20(15)28-23(31)13-21(29)27-25(28)32-14-22(30)26-19-12-11-17-10-9-16-6-4-7-18(19)24(16)17/h2-8,11-13,29H,9-10,14H2,1H3,(H,26,30). The minimum Gasteiger partial charge on any atom is -0.493 e. The Balaban J connectivity index is 1.41. The first-order valence-corrected chi connectivity index (χ1v) is 11.3. The van der Waals surface area contributed by atoms with Crippen LogP contribution in [0.5, 0.6) is 5.88 Å². The van der Waals surface area contributed by atoms with Gasteiger partial charge in [0.25, 0.3) is 5.56 Å². The van der Waals surface area contributed by atoms with Gasteiger partial charge >= 0.3 is 0 Å². The molecule has 160 valence electrons. The molecule has 0 bridgehead atoms. The van der Waals surface area contributed by atoms with E-state index in [9.17, 15) is 14.7 Å². The van der Waals surface area contributed by atoms with Crippen molar-refractivity contribution in [3.05, 3.63) is 87.7 Å². The van der Waals surface area contributed by atoms with Gasteiger partial charge in [-0.2, -0.15) is 4.98 Å². The Morgan fingerprint density at radius 3 is 2.69 bits per heavy atom. The van der Waals surface area contributed by atoms with Crippen molar-refractivity contribution >= 4 is 34.1 Å². The molecule has 0 aliphatic heterocycles. The average molecular weight is 444 g/mol. The fourth-order valence-corrected chi connectivity index (χ4v) is 5.06. The van der Waals surface area contributed by atoms with Crippen molar-refractivity contribution in [2.75, 3.05) is 11.1 Å². The molecule has 32 heavy (non-hydrogen) atoms. The lowest BCUT2D eigenvalue weighted by Gasteiger charge is -2.14. The number of nitrogens with zero attached hydrogens (tertiary/aromatic N) is 2. The Hall–Kier alpha value is -3.58. The number of benzene rings is 3. The Kier molecular flexibility index (Phi) is 5.19. The maximum absolute atomic E-state index is 12.8. The van der Waals surface area contributed by atoms with Crippen LogP contribution in [0.4, 0.5) is 5.69 Å². The van der Waals surface area contributed by atoms with Crippen molar-refractivity contribution in [3.63, 3.8) is 0 Å². The summed E-state index contributed by atoms with van der Waals surface area (Å²) in [6, 6.07) is 18.7. The molecule has 3 aromatic carbocycles. The predicted octanol–water partition coefficient (Wildman–Crippen LogP) is 4.23. The average Bonchev–Trinajstić information content (AvgIpc) is 3.19. The molecule has 1 aliphatic rings. The second kappa shape index (κ2) is 8.16. The molecule has 0 saturated heterocycles. The highest BCUT2D eigenvalue weighted by Crippen LogP contribution is 2.35. The Morgan fingerprint density at radius 2 is 1.88 bits per heavy atom. The van der Waals surface area contributed by atoms with Gasteiger partial charge in [0, 0.05) is 11.1 Å². The van der Waals surface area contributed by atoms with Crippen molar-refractivity contribution in [1.29, 1.82) is 0 Å². The summed E-state index contributed by atoms with van der Waals surface area (Å²) in [5, 5.41) is 15.4. The van der Waals surface area contributed by atoms with Crippen LogP contribution >= 0.6 is 11.8 Å². The molecular weight excluding hydrogens is 422 g/mol. The SMILES string of the molecule is Cc1ccccc1-n1c(SCC(=O)Nc2ccc3c4c(cccc24)CC3)nc(O)cc1=O. The van der Waals surface area contributed by atoms with Crippen LogP contribution in [0, 0.1) is 6.92 Å². The molecule has 2 N–H and O–H groups in total. The molecule has 0 saturated carbocycles. The van der Waals surface area contributed by atoms with Crippen molar-refractivity contribution in [3.8, 4) is 11.6 Å². The normalized spacial score (nSPS) is 12.3. The second-order valence-corrected chi connectivity index (χ2v) is 8.75. The Morgan fingerprint density at radius 1 is 1.09 bits per heavy atom. The summed E-state index contributed by atoms with van der Waals surface area (Å²) in [4.78, 5) is 29.5. The summed E-state index contributed by atoms with van der Waals surface area (Å²) in [7, 11) is 0. The van der Waals surface area contributed by atoms with Crippen LogP contribution < -0.4 is 10.9 Å². The monoisotopic (exact) mass is 443 g/mol. The lowest BCUT2D eigenvalue weighted by Crippen LogP contribution is -2.22. The zero-order chi connectivity index (χ0) is 22.2. The Bertz CT molecular complexity index is 1420. The molecular formula is C25H21N3O3S. The smallest absolute Gasteiger partial charge is 0.262 e. The predicted molar refractivity (Wildman–Crippen MR) is 127 cm³/mol. The second-order valence-electron chi connectivity index (χ2n) is 7.81. The lowest BCUT2D eigenvalue weighted by molar-refractivity contribution is -0.113. The summed E-state index contributed by atoms with van der Waals surface area (Å²) in [5.74, 6) is -0.525. The van der Waals surface area contributed by atoms with Gasteiger partial charge in [0.05, 0.1) is 17.5 Å². The Labute approximate surface area is 188 Å². The van der Waals surface area contributed by atoms with E-state index in [2.05, 4.69) is 22.4 Å². The van der Waals surface area contributed by atoms with Crippen LogP contribution in [0.25, 0.3) is 16.5 Å². The summed E-state index contributed by atoms with van der Waals surface area (Å²) < 4.78 is 1.42. The molecule has 6 nitrogen and oxygen atoms in total. The third-order valence-corrected chi connectivity index (χ3v) is 6.65. The minimum absolute atomic E-state index is 0.0463. The van der Waals surface area contributed by atoms with E-state index in [0.29, 0.717) is 5.69 Å². The van der Waals surface area contributed by atoms with Crippen molar-refractivity contribution in [2.45, 2.75) is 24.9 Å². The van der Waals surface area contributed by atoms with Crippen LogP contribution in [0.3, 0.4) is 0 Å². The van der Waals surface area contributed by atoms with E-state index in [1.807, 2.05) is 49.4 Å². The number of hydrogen-bond acceptors (Lipinski definition) is 5. The van der Waals surface area contributed by atoms with Gasteiger partial charge in [-0.25, -0.2) is 0 Å². The molecule has 0 radical (unpaired) electrons. The van der Waals surface area contributed by atoms with Gasteiger partial charge < -0.3 is 10.4 Å². The van der Waals surface area contributed by atoms with Gasteiger partial charge in [0.15, 0.2) is 5.16 Å². The van der Waals surface area contributed by atoms with Gasteiger partial charge in [0.1, 0.15) is 0 Å². The number of aromatic nitrogens is 2. The topological polar surface area (TPSA) is 84.2 Å². The number of rotatable bonds is 5. The first-order chi connectivity index (χ1) is 15.5. The van der Waals surface area contributed by atoms with Gasteiger partial charge in [-0.3, -0.25) is 14.2 Å². The number of carbonyl (C=O) groups is 1. The number of nitrogens with one attached hydrogen (secondary N) is 1. The maximum atomic E-state index is 12.8. The molecule has 1 amide bonds. The van der Waals surface area contributed by atoms with Gasteiger partial charge in [0.2, 0.25) is 11.8 Å². The lowest BCUT2D eigenvalue weighted by atomic mass is 10.0. The van der Waals surface area contributed by atoms with E-state index in [1.54, 1.807) is 0 Å². The zero-order valence-corrected chi connectivity index (χ0v) is 18.3. The van der Waals surface area contributed by atoms with Gasteiger partial charge in [-0.05, 0) is 54.0 Å². The van der Waals surface area contributed by atoms with Crippen molar-refractivity contribution in [1.82, 2.24) is 9.55 Å². The van der Waals surface area contributed by atoms with Gasteiger partial charge in [-0.15, -0.1) is 0 Å². The van der Waals surface area contributed by atoms with E-state index in [-0.39, 0.29) is 22.7 Å². The highest BCUT2D eigenvalue weighted by atomic mass is 32.2. The number of aromatic hydroxyl groups is 1. The van der Waals surface area contributed by atoms with Crippen LogP contribution in [0.1, 0.15) is 16.7 Å². The number of para-hydroxylation sites is 1. The summed E-state index contributed by atoms with van der Waals surface area (Å²) in [5.41, 5.74) is 4.56. The molecule has 0 spiro atoms. The number of carbonyl (C=O) groups excluding carboxylic acids is 1. The highest BCUT2D eigenvalue weighted by molar-refractivity contribution is 7.99. The number of thioether (sulfide) groups is 1. The van der Waals surface area contributed by atoms with Crippen LogP contribution in [-0.4, -0.2) is 26.3 Å². The molecule has 1 aliphatic carbocycles. The van der Waals surface area contributed by atoms with E-state index in [1.165, 1.54) is 21.1 Å². The highest BCUT2D eigenvalue weighted by Gasteiger charge is 2.18. The van der Waals surface area contributed by atoms with E-state index >= 15 is 0 Å². The quantitative estimate of drug-likeness (QED) is 0.356. The zero-order valence-electron chi connectivity index (χ0n) is 17.5. The molecule has 0 unspecified atom stereocenters. The summed E-state index contributed by atoms with van der Waals surface area (Å²) >= 11 is 1.11. The van der Waals surface area contributed by atoms with E-state index in [0.717, 1.165) is 47.3 Å². The molecule has 7 heteroatoms. The van der Waals surface area contributed by atoms with Crippen LogP contribution in [0.2, 0.25) is 0 Å². The first-order valence-electron chi connectivity index (χ1n) is 10.4. The maximum Gasteiger partial charge on any atom is 0.262 e. The fraction of sp³-hybridized carbons (Fsp3) is 0.160. The van der Waals surface area contributed by atoms with E-state index < -0.39 is 5.56 Å². The third kappa shape index (κ3) is 3.65. The molecule has 4 aromatic rings. The van der Waals surface area contributed by atoms with Crippen LogP contribution in [0.15, 0.2) is 70.6 Å². The van der Waals surface area contributed by atoms with Crippen molar-refractivity contribution < 1.29 is 9.90 Å². The fourth-order valence-electron chi connectivity index (χ4n) is 4.25. The van der Waals surface area contributed by atoms with Crippen LogP contribution in [-0.2, 0) is 17.6 Å². The first kappa shape index (κ1) is 20.3. The largest absolute Gasteiger partial charge is 0.493 e. The number of aryl methyl sites for hydroxylation is 3. The van der Waals surface area contributed by atoms with E-state index in [4.69, 9.17) is 0 Å². The molecule has 5 rings (SSSR count). The number of anilines is 1. The van der Waals surface area contributed by atoms with Crippen molar-refractivity contribution in [2.24, 2.45) is 0 Å². The number of hydrogen-bond donors (Lipinski definition) is 2. The van der Waals surface area contributed by atoms with Gasteiger partial charge in [-0.1, -0.05) is 54.2 Å². The molecule has 0 fully saturated rings. The minimum atomic E-state index is -0.401. The third-order valence-electron chi connectivity index (χ3n) is 5.71. The summed E-state index contributed by atoms with van der Waals surface area (Å²) in [6.45, 7) is 1.89. The molecule has 0 atom stereocenters. The number of amides is 1.